The van der Waals surface area contributed by atoms with E-state index in [0.29, 0.717) is 0 Å². The lowest BCUT2D eigenvalue weighted by atomic mass is 10.0. The van der Waals surface area contributed by atoms with Crippen molar-refractivity contribution in [2.24, 2.45) is 5.73 Å². The number of nitrogens with zero attached hydrogens (tertiary/aromatic N) is 1. The van der Waals surface area contributed by atoms with Crippen LogP contribution in [0.25, 0.3) is 0 Å². The predicted octanol–water partition coefficient (Wildman–Crippen LogP) is 1.99. The monoisotopic (exact) mass is 286 g/mol. The van der Waals surface area contributed by atoms with Crippen molar-refractivity contribution >= 4 is 30.1 Å². The van der Waals surface area contributed by atoms with Gasteiger partial charge in [0.25, 0.3) is 0 Å². The zero-order valence-electron chi connectivity index (χ0n) is 10.5. The first-order valence-corrected chi connectivity index (χ1v) is 7.02. The third kappa shape index (κ3) is 3.64. The molecule has 1 aliphatic heterocycles. The van der Waals surface area contributed by atoms with Crippen molar-refractivity contribution in [2.45, 2.75) is 13.0 Å². The molecule has 100 valence electrons. The van der Waals surface area contributed by atoms with Crippen LogP contribution in [0.2, 0.25) is 0 Å². The van der Waals surface area contributed by atoms with Gasteiger partial charge < -0.3 is 10.6 Å². The fourth-order valence-electron chi connectivity index (χ4n) is 1.90. The molecule has 3 nitrogen and oxygen atoms in total. The molecule has 18 heavy (non-hydrogen) atoms. The molecular weight excluding hydrogens is 268 g/mol. The molecule has 0 aromatic heterocycles. The number of carbonyl (C=O) groups excluding carboxylic acids is 1. The van der Waals surface area contributed by atoms with Gasteiger partial charge in [-0.05, 0) is 12.5 Å². The fourth-order valence-corrected chi connectivity index (χ4v) is 2.80. The Bertz CT molecular complexity index is 390. The molecule has 5 heteroatoms. The molecule has 1 aliphatic rings. The van der Waals surface area contributed by atoms with Crippen LogP contribution in [0.5, 0.6) is 0 Å². The maximum atomic E-state index is 12.2. The molecule has 1 aromatic rings. The zero-order valence-corrected chi connectivity index (χ0v) is 12.1. The van der Waals surface area contributed by atoms with Gasteiger partial charge in [-0.2, -0.15) is 11.8 Å². The Kier molecular flexibility index (Phi) is 5.99. The smallest absolute Gasteiger partial charge is 0.244 e. The van der Waals surface area contributed by atoms with Crippen LogP contribution in [0.15, 0.2) is 24.3 Å². The molecule has 0 saturated carbocycles. The first kappa shape index (κ1) is 15.3. The van der Waals surface area contributed by atoms with E-state index >= 15 is 0 Å². The number of aryl methyl sites for hydroxylation is 1. The van der Waals surface area contributed by atoms with E-state index in [1.807, 2.05) is 47.9 Å². The molecule has 1 saturated heterocycles. The molecule has 1 amide bonds. The summed E-state index contributed by atoms with van der Waals surface area (Å²) in [6.07, 6.45) is 0. The third-order valence-electron chi connectivity index (χ3n) is 3.03. The number of nitrogens with two attached hydrogens (primary N) is 1. The molecule has 2 N–H and O–H groups in total. The predicted molar refractivity (Wildman–Crippen MR) is 79.3 cm³/mol. The Morgan fingerprint density at radius 1 is 1.28 bits per heavy atom. The number of halogens is 1. The first-order valence-electron chi connectivity index (χ1n) is 5.87. The van der Waals surface area contributed by atoms with Crippen molar-refractivity contribution in [2.75, 3.05) is 24.6 Å². The van der Waals surface area contributed by atoms with Crippen LogP contribution in [0, 0.1) is 6.92 Å². The number of carbonyl (C=O) groups is 1. The van der Waals surface area contributed by atoms with Crippen LogP contribution in [-0.4, -0.2) is 35.4 Å². The molecule has 1 unspecified atom stereocenters. The summed E-state index contributed by atoms with van der Waals surface area (Å²) in [4.78, 5) is 14.1. The standard InChI is InChI=1S/C13H18N2OS.ClH/c1-10-2-4-11(5-3-10)12(14)13(16)15-6-8-17-9-7-15;/h2-5,12H,6-9,14H2,1H3;1H. The van der Waals surface area contributed by atoms with E-state index in [1.165, 1.54) is 5.56 Å². The van der Waals surface area contributed by atoms with Crippen LogP contribution in [0.4, 0.5) is 0 Å². The molecule has 1 atom stereocenters. The average molecular weight is 287 g/mol. The SMILES string of the molecule is Cc1ccc(C(N)C(=O)N2CCSCC2)cc1.Cl. The minimum Gasteiger partial charge on any atom is -0.339 e. The maximum absolute atomic E-state index is 12.2. The highest BCUT2D eigenvalue weighted by atomic mass is 35.5. The second-order valence-electron chi connectivity index (χ2n) is 4.33. The highest BCUT2D eigenvalue weighted by molar-refractivity contribution is 7.99. The Balaban J connectivity index is 0.00000162. The largest absolute Gasteiger partial charge is 0.339 e. The van der Waals surface area contributed by atoms with Crippen molar-refractivity contribution in [1.82, 2.24) is 4.90 Å². The summed E-state index contributed by atoms with van der Waals surface area (Å²) < 4.78 is 0. The van der Waals surface area contributed by atoms with Crippen LogP contribution in [0.1, 0.15) is 17.2 Å². The normalized spacial score (nSPS) is 16.9. The van der Waals surface area contributed by atoms with Gasteiger partial charge in [0.2, 0.25) is 5.91 Å². The lowest BCUT2D eigenvalue weighted by molar-refractivity contribution is -0.132. The Morgan fingerprint density at radius 3 is 2.39 bits per heavy atom. The second kappa shape index (κ2) is 7.02. The molecule has 1 aromatic carbocycles. The first-order chi connectivity index (χ1) is 8.18. The number of hydrogen-bond acceptors (Lipinski definition) is 3. The highest BCUT2D eigenvalue weighted by Gasteiger charge is 2.23. The molecule has 0 radical (unpaired) electrons. The summed E-state index contributed by atoms with van der Waals surface area (Å²) in [5.74, 6) is 2.09. The van der Waals surface area contributed by atoms with E-state index < -0.39 is 6.04 Å². The molecule has 0 aliphatic carbocycles. The van der Waals surface area contributed by atoms with Crippen molar-refractivity contribution in [3.63, 3.8) is 0 Å². The van der Waals surface area contributed by atoms with Gasteiger partial charge in [-0.15, -0.1) is 12.4 Å². The number of hydrogen-bond donors (Lipinski definition) is 1. The van der Waals surface area contributed by atoms with Crippen LogP contribution >= 0.6 is 24.2 Å². The van der Waals surface area contributed by atoms with Gasteiger partial charge in [-0.25, -0.2) is 0 Å². The molecular formula is C13H19ClN2OS. The van der Waals surface area contributed by atoms with E-state index in [1.54, 1.807) is 0 Å². The second-order valence-corrected chi connectivity index (χ2v) is 5.55. The van der Waals surface area contributed by atoms with E-state index in [4.69, 9.17) is 5.73 Å². The summed E-state index contributed by atoms with van der Waals surface area (Å²) in [6, 6.07) is 7.36. The van der Waals surface area contributed by atoms with Crippen LogP contribution in [0.3, 0.4) is 0 Å². The van der Waals surface area contributed by atoms with E-state index in [9.17, 15) is 4.79 Å². The summed E-state index contributed by atoms with van der Waals surface area (Å²) in [6.45, 7) is 3.67. The summed E-state index contributed by atoms with van der Waals surface area (Å²) in [5, 5.41) is 0. The van der Waals surface area contributed by atoms with Crippen molar-refractivity contribution in [3.8, 4) is 0 Å². The van der Waals surface area contributed by atoms with Crippen LogP contribution in [-0.2, 0) is 4.79 Å². The summed E-state index contributed by atoms with van der Waals surface area (Å²) in [7, 11) is 0. The highest BCUT2D eigenvalue weighted by Crippen LogP contribution is 2.17. The maximum Gasteiger partial charge on any atom is 0.244 e. The molecule has 0 bridgehead atoms. The molecule has 2 rings (SSSR count). The van der Waals surface area contributed by atoms with Crippen molar-refractivity contribution < 1.29 is 4.79 Å². The summed E-state index contributed by atoms with van der Waals surface area (Å²) >= 11 is 1.89. The van der Waals surface area contributed by atoms with Crippen molar-refractivity contribution in [3.05, 3.63) is 35.4 Å². The van der Waals surface area contributed by atoms with E-state index in [2.05, 4.69) is 0 Å². The van der Waals surface area contributed by atoms with Gasteiger partial charge in [0.15, 0.2) is 0 Å². The van der Waals surface area contributed by atoms with Gasteiger partial charge in [-0.3, -0.25) is 4.79 Å². The molecule has 1 fully saturated rings. The zero-order chi connectivity index (χ0) is 12.3. The van der Waals surface area contributed by atoms with E-state index in [-0.39, 0.29) is 18.3 Å². The van der Waals surface area contributed by atoms with Gasteiger partial charge in [-0.1, -0.05) is 29.8 Å². The number of amides is 1. The Hall–Kier alpha value is -0.710. The minimum absolute atomic E-state index is 0. The fraction of sp³-hybridized carbons (Fsp3) is 0.462. The molecule has 0 spiro atoms. The number of rotatable bonds is 2. The van der Waals surface area contributed by atoms with Crippen LogP contribution < -0.4 is 5.73 Å². The van der Waals surface area contributed by atoms with Gasteiger partial charge >= 0.3 is 0 Å². The van der Waals surface area contributed by atoms with Gasteiger partial charge in [0.1, 0.15) is 6.04 Å². The molecule has 1 heterocycles. The summed E-state index contributed by atoms with van der Waals surface area (Å²) in [5.41, 5.74) is 8.11. The minimum atomic E-state index is -0.515. The Labute approximate surface area is 119 Å². The Morgan fingerprint density at radius 2 is 1.83 bits per heavy atom. The van der Waals surface area contributed by atoms with Gasteiger partial charge in [0.05, 0.1) is 0 Å². The lowest BCUT2D eigenvalue weighted by Gasteiger charge is -2.29. The lowest BCUT2D eigenvalue weighted by Crippen LogP contribution is -2.43. The van der Waals surface area contributed by atoms with Gasteiger partial charge in [0, 0.05) is 24.6 Å². The number of benzene rings is 1. The average Bonchev–Trinajstić information content (AvgIpc) is 2.39. The van der Waals surface area contributed by atoms with E-state index in [0.717, 1.165) is 30.2 Å². The van der Waals surface area contributed by atoms with Crippen molar-refractivity contribution in [1.29, 1.82) is 0 Å². The quantitative estimate of drug-likeness (QED) is 0.904. The number of thioether (sulfide) groups is 1. The topological polar surface area (TPSA) is 46.3 Å². The third-order valence-corrected chi connectivity index (χ3v) is 3.97.